The highest BCUT2D eigenvalue weighted by Crippen LogP contribution is 2.69. The minimum atomic E-state index is -4.60. The van der Waals surface area contributed by atoms with E-state index in [0.717, 1.165) is 12.1 Å². The second-order valence-corrected chi connectivity index (χ2v) is 9.44. The van der Waals surface area contributed by atoms with Crippen LogP contribution < -0.4 is 14.8 Å². The van der Waals surface area contributed by atoms with Gasteiger partial charge in [-0.1, -0.05) is 42.5 Å². The number of nitrogens with one attached hydrogen (secondary N) is 1. The molecule has 1 aliphatic heterocycles. The fourth-order valence-electron chi connectivity index (χ4n) is 6.03. The summed E-state index contributed by atoms with van der Waals surface area (Å²) in [6.07, 6.45) is -6.19. The fraction of sp³-hybridized carbons (Fsp3) is 0.370. The van der Waals surface area contributed by atoms with Crippen molar-refractivity contribution in [2.75, 3.05) is 20.2 Å². The van der Waals surface area contributed by atoms with Crippen molar-refractivity contribution in [3.8, 4) is 11.5 Å². The van der Waals surface area contributed by atoms with Crippen LogP contribution in [0.5, 0.6) is 11.5 Å². The number of benzene rings is 2. The fourth-order valence-corrected chi connectivity index (χ4v) is 6.03. The van der Waals surface area contributed by atoms with Gasteiger partial charge in [-0.2, -0.15) is 13.2 Å². The molecule has 6 nitrogen and oxygen atoms in total. The van der Waals surface area contributed by atoms with E-state index in [-0.39, 0.29) is 29.2 Å². The number of ether oxygens (including phenoxy) is 2. The van der Waals surface area contributed by atoms with E-state index in [4.69, 9.17) is 9.47 Å². The smallest absolute Gasteiger partial charge is 0.416 e. The Morgan fingerprint density at radius 2 is 1.76 bits per heavy atom. The highest BCUT2D eigenvalue weighted by molar-refractivity contribution is 5.59. The lowest BCUT2D eigenvalue weighted by molar-refractivity contribution is -0.152. The Bertz CT molecular complexity index is 1290. The maximum absolute atomic E-state index is 13.4. The van der Waals surface area contributed by atoms with Gasteiger partial charge in [0.15, 0.2) is 11.2 Å². The lowest BCUT2D eigenvalue weighted by Gasteiger charge is -2.41. The number of aliphatic hydroxyl groups excluding tert-OH is 1. The molecule has 5 rings (SSSR count). The largest absolute Gasteiger partial charge is 0.495 e. The molecule has 2 aromatic carbocycles. The highest BCUT2D eigenvalue weighted by Gasteiger charge is 2.76. The van der Waals surface area contributed by atoms with E-state index >= 15 is 0 Å². The summed E-state index contributed by atoms with van der Waals surface area (Å²) in [6, 6.07) is 12.8. The second-order valence-electron chi connectivity index (χ2n) is 9.44. The maximum Gasteiger partial charge on any atom is 0.416 e. The number of aromatic nitrogens is 1. The van der Waals surface area contributed by atoms with Gasteiger partial charge >= 0.3 is 6.18 Å². The quantitative estimate of drug-likeness (QED) is 0.393. The van der Waals surface area contributed by atoms with Crippen LogP contribution >= 0.6 is 0 Å². The van der Waals surface area contributed by atoms with Crippen LogP contribution in [0.1, 0.15) is 28.2 Å². The molecule has 0 radical (unpaired) electrons. The van der Waals surface area contributed by atoms with E-state index in [1.807, 2.05) is 0 Å². The molecule has 0 bridgehead atoms. The summed E-state index contributed by atoms with van der Waals surface area (Å²) in [5.41, 5.74) is -4.16. The zero-order valence-electron chi connectivity index (χ0n) is 20.1. The molecule has 0 unspecified atom stereocenters. The Balaban J connectivity index is 1.77. The van der Waals surface area contributed by atoms with Gasteiger partial charge in [-0.25, -0.2) is 8.78 Å². The van der Waals surface area contributed by atoms with E-state index in [9.17, 15) is 32.2 Å². The minimum Gasteiger partial charge on any atom is -0.495 e. The van der Waals surface area contributed by atoms with E-state index in [1.165, 1.54) is 31.6 Å². The van der Waals surface area contributed by atoms with Gasteiger partial charge in [0.05, 0.1) is 43.3 Å². The maximum atomic E-state index is 13.4. The lowest BCUT2D eigenvalue weighted by Crippen LogP contribution is -2.52. The van der Waals surface area contributed by atoms with Crippen molar-refractivity contribution in [2.45, 2.75) is 35.8 Å². The highest BCUT2D eigenvalue weighted by atomic mass is 19.4. The van der Waals surface area contributed by atoms with Gasteiger partial charge in [0.1, 0.15) is 11.5 Å². The van der Waals surface area contributed by atoms with Crippen LogP contribution in [0.25, 0.3) is 0 Å². The molecular formula is C27H25F5N2O4. The van der Waals surface area contributed by atoms with Crippen LogP contribution in [0.4, 0.5) is 22.0 Å². The zero-order chi connectivity index (χ0) is 27.3. The predicted molar refractivity (Wildman–Crippen MR) is 126 cm³/mol. The van der Waals surface area contributed by atoms with Gasteiger partial charge in [-0.3, -0.25) is 4.98 Å². The molecule has 5 atom stereocenters. The predicted octanol–water partition coefficient (Wildman–Crippen LogP) is 4.21. The molecule has 3 aromatic rings. The van der Waals surface area contributed by atoms with Crippen LogP contribution in [0.3, 0.4) is 0 Å². The molecule has 38 heavy (non-hydrogen) atoms. The van der Waals surface area contributed by atoms with Crippen molar-refractivity contribution in [3.05, 3.63) is 89.2 Å². The number of rotatable bonds is 7. The van der Waals surface area contributed by atoms with Crippen molar-refractivity contribution in [3.63, 3.8) is 0 Å². The number of hydrogen-bond donors (Lipinski definition) is 3. The van der Waals surface area contributed by atoms with Gasteiger partial charge in [0, 0.05) is 18.4 Å². The summed E-state index contributed by atoms with van der Waals surface area (Å²) in [4.78, 5) is 4.08. The summed E-state index contributed by atoms with van der Waals surface area (Å²) in [5, 5.41) is 27.0. The number of hydrogen-bond acceptors (Lipinski definition) is 6. The Labute approximate surface area is 215 Å². The first kappa shape index (κ1) is 26.3. The van der Waals surface area contributed by atoms with E-state index in [0.29, 0.717) is 5.56 Å². The van der Waals surface area contributed by atoms with Crippen molar-refractivity contribution in [1.29, 1.82) is 0 Å². The molecule has 0 spiro atoms. The van der Waals surface area contributed by atoms with Crippen molar-refractivity contribution < 1.29 is 41.6 Å². The van der Waals surface area contributed by atoms with Gasteiger partial charge in [-0.15, -0.1) is 0 Å². The number of halogens is 5. The van der Waals surface area contributed by atoms with E-state index in [2.05, 4.69) is 10.3 Å². The monoisotopic (exact) mass is 536 g/mol. The number of methoxy groups -OCH3 is 1. The molecule has 0 saturated heterocycles. The summed E-state index contributed by atoms with van der Waals surface area (Å²) in [7, 11) is 1.34. The molecule has 3 N–H and O–H groups in total. The van der Waals surface area contributed by atoms with Crippen molar-refractivity contribution in [1.82, 2.24) is 10.3 Å². The zero-order valence-corrected chi connectivity index (χ0v) is 20.1. The summed E-state index contributed by atoms with van der Waals surface area (Å²) < 4.78 is 78.1. The third-order valence-corrected chi connectivity index (χ3v) is 7.49. The van der Waals surface area contributed by atoms with Crippen molar-refractivity contribution >= 4 is 0 Å². The Morgan fingerprint density at radius 3 is 2.37 bits per heavy atom. The van der Waals surface area contributed by atoms with Crippen LogP contribution in [-0.4, -0.2) is 47.9 Å². The Morgan fingerprint density at radius 1 is 1.08 bits per heavy atom. The topological polar surface area (TPSA) is 83.8 Å². The molecule has 1 saturated carbocycles. The second kappa shape index (κ2) is 9.48. The summed E-state index contributed by atoms with van der Waals surface area (Å²) in [5.74, 6) is -1.59. The summed E-state index contributed by atoms with van der Waals surface area (Å²) in [6.45, 7) is -0.789. The molecule has 1 aliphatic carbocycles. The van der Waals surface area contributed by atoms with Crippen LogP contribution in [0.15, 0.2) is 67.0 Å². The molecule has 2 heterocycles. The van der Waals surface area contributed by atoms with Gasteiger partial charge in [0.2, 0.25) is 0 Å². The number of alkyl halides is 5. The lowest BCUT2D eigenvalue weighted by atomic mass is 9.70. The van der Waals surface area contributed by atoms with Gasteiger partial charge in [0.25, 0.3) is 6.43 Å². The number of nitrogens with zero attached hydrogens (tertiary/aromatic N) is 1. The van der Waals surface area contributed by atoms with Crippen LogP contribution in [-0.2, 0) is 17.4 Å². The standard InChI is InChI=1S/C27H25F5N2O4/c1-37-19-12-34-13-20-23(19)25(36)24(35)18(11-33-14-21(28)29)22(15-5-3-2-4-6-15)26(25,38-20)16-7-9-17(10-8-16)27(30,31)32/h2-10,12-13,18,21-22,24,33,35-36H,11,14H2,1H3/t18-,22-,24-,25+,26+/m1/s1. The SMILES string of the molecule is COc1cncc2c1[C@]1(O)[C@H](O)[C@H](CNCC(F)F)[C@@H](c3ccccc3)[C@]1(c1ccc(C(F)(F)F)cc1)O2. The van der Waals surface area contributed by atoms with Crippen molar-refractivity contribution in [2.24, 2.45) is 5.92 Å². The van der Waals surface area contributed by atoms with Gasteiger partial charge < -0.3 is 25.0 Å². The number of aliphatic hydroxyl groups is 2. The molecule has 202 valence electrons. The molecule has 11 heteroatoms. The average Bonchev–Trinajstić information content (AvgIpc) is 3.27. The van der Waals surface area contributed by atoms with E-state index < -0.39 is 53.9 Å². The summed E-state index contributed by atoms with van der Waals surface area (Å²) >= 11 is 0. The van der Waals surface area contributed by atoms with Crippen LogP contribution in [0, 0.1) is 5.92 Å². The normalized spacial score (nSPS) is 28.2. The average molecular weight is 536 g/mol. The third kappa shape index (κ3) is 3.83. The first-order valence-corrected chi connectivity index (χ1v) is 11.9. The molecule has 0 amide bonds. The first-order chi connectivity index (χ1) is 18.1. The Hall–Kier alpha value is -3.28. The third-order valence-electron chi connectivity index (χ3n) is 7.49. The van der Waals surface area contributed by atoms with E-state index in [1.54, 1.807) is 30.3 Å². The molecule has 2 aliphatic rings. The molecule has 1 aromatic heterocycles. The first-order valence-electron chi connectivity index (χ1n) is 11.9. The number of fused-ring (bicyclic) bond motifs is 3. The molecular weight excluding hydrogens is 511 g/mol. The van der Waals surface area contributed by atoms with Gasteiger partial charge in [-0.05, 0) is 23.3 Å². The molecule has 1 fully saturated rings. The minimum absolute atomic E-state index is 0.0830. The number of pyridine rings is 1. The van der Waals surface area contributed by atoms with Crippen LogP contribution in [0.2, 0.25) is 0 Å². The Kier molecular flexibility index (Phi) is 6.57.